The van der Waals surface area contributed by atoms with Crippen molar-refractivity contribution >= 4 is 17.6 Å². The van der Waals surface area contributed by atoms with E-state index in [0.717, 1.165) is 0 Å². The van der Waals surface area contributed by atoms with E-state index in [-0.39, 0.29) is 5.75 Å². The minimum absolute atomic E-state index is 0.273. The Balaban J connectivity index is 1.51. The van der Waals surface area contributed by atoms with Gasteiger partial charge in [-0.25, -0.2) is 4.79 Å². The van der Waals surface area contributed by atoms with Crippen LogP contribution in [0.25, 0.3) is 0 Å². The molecule has 1 heterocycles. The highest BCUT2D eigenvalue weighted by Gasteiger charge is 2.20. The molecule has 0 unspecified atom stereocenters. The molecule has 0 fully saturated rings. The molecule has 8 nitrogen and oxygen atoms in total. The van der Waals surface area contributed by atoms with Gasteiger partial charge in [0.25, 0.3) is 5.91 Å². The highest BCUT2D eigenvalue weighted by atomic mass is 16.6. The Bertz CT molecular complexity index is 921. The smallest absolute Gasteiger partial charge is 0.344 e. The predicted molar refractivity (Wildman–Crippen MR) is 98.3 cm³/mol. The van der Waals surface area contributed by atoms with Gasteiger partial charge in [0, 0.05) is 11.8 Å². The summed E-state index contributed by atoms with van der Waals surface area (Å²) in [5.41, 5.74) is 0.802. The molecule has 1 amide bonds. The fourth-order valence-corrected chi connectivity index (χ4v) is 2.47. The monoisotopic (exact) mass is 382 g/mol. The second kappa shape index (κ2) is 8.77. The third kappa shape index (κ3) is 4.71. The van der Waals surface area contributed by atoms with E-state index in [2.05, 4.69) is 5.32 Å². The molecule has 0 bridgehead atoms. The molecule has 0 aliphatic carbocycles. The van der Waals surface area contributed by atoms with Crippen molar-refractivity contribution in [1.82, 2.24) is 0 Å². The van der Waals surface area contributed by atoms with Crippen molar-refractivity contribution in [3.05, 3.63) is 48.0 Å². The summed E-state index contributed by atoms with van der Waals surface area (Å²) in [4.78, 5) is 24.2. The number of fused-ring (bicyclic) bond motifs is 1. The van der Waals surface area contributed by atoms with Gasteiger partial charge in [-0.2, -0.15) is 5.26 Å². The summed E-state index contributed by atoms with van der Waals surface area (Å²) in [5, 5.41) is 11.7. The molecular formula is C20H18N2O6. The van der Waals surface area contributed by atoms with E-state index in [9.17, 15) is 9.59 Å². The number of ether oxygens (including phenoxy) is 4. The number of benzene rings is 2. The Morgan fingerprint density at radius 3 is 2.71 bits per heavy atom. The Kier molecular flexibility index (Phi) is 5.97. The number of esters is 1. The van der Waals surface area contributed by atoms with Crippen LogP contribution in [0.4, 0.5) is 5.69 Å². The zero-order valence-corrected chi connectivity index (χ0v) is 15.1. The van der Waals surface area contributed by atoms with E-state index in [4.69, 9.17) is 24.2 Å². The number of nitriles is 1. The van der Waals surface area contributed by atoms with E-state index < -0.39 is 24.6 Å². The molecule has 0 aromatic heterocycles. The summed E-state index contributed by atoms with van der Waals surface area (Å²) < 4.78 is 21.3. The van der Waals surface area contributed by atoms with Crippen LogP contribution >= 0.6 is 0 Å². The summed E-state index contributed by atoms with van der Waals surface area (Å²) in [6.45, 7) is 1.95. The van der Waals surface area contributed by atoms with E-state index in [1.54, 1.807) is 42.5 Å². The number of para-hydroxylation sites is 1. The molecule has 0 saturated heterocycles. The molecule has 144 valence electrons. The summed E-state index contributed by atoms with van der Waals surface area (Å²) >= 11 is 0. The fourth-order valence-electron chi connectivity index (χ4n) is 2.47. The average molecular weight is 382 g/mol. The number of hydrogen-bond acceptors (Lipinski definition) is 7. The lowest BCUT2D eigenvalue weighted by Crippen LogP contribution is -2.31. The van der Waals surface area contributed by atoms with Gasteiger partial charge >= 0.3 is 5.97 Å². The molecule has 0 radical (unpaired) electrons. The molecule has 1 aliphatic rings. The van der Waals surface area contributed by atoms with E-state index in [1.807, 2.05) is 6.07 Å². The molecular weight excluding hydrogens is 364 g/mol. The van der Waals surface area contributed by atoms with Crippen molar-refractivity contribution in [3.63, 3.8) is 0 Å². The van der Waals surface area contributed by atoms with Crippen LogP contribution in [0.5, 0.6) is 17.2 Å². The van der Waals surface area contributed by atoms with Gasteiger partial charge < -0.3 is 24.3 Å². The Hall–Kier alpha value is -3.73. The molecule has 0 spiro atoms. The van der Waals surface area contributed by atoms with Gasteiger partial charge in [-0.1, -0.05) is 12.1 Å². The van der Waals surface area contributed by atoms with Gasteiger partial charge in [0.1, 0.15) is 25.0 Å². The lowest BCUT2D eigenvalue weighted by Gasteiger charge is -2.19. The van der Waals surface area contributed by atoms with Gasteiger partial charge in [-0.15, -0.1) is 0 Å². The van der Waals surface area contributed by atoms with Crippen LogP contribution in [0.3, 0.4) is 0 Å². The number of rotatable bonds is 6. The summed E-state index contributed by atoms with van der Waals surface area (Å²) in [6, 6.07) is 13.5. The third-order valence-corrected chi connectivity index (χ3v) is 3.84. The summed E-state index contributed by atoms with van der Waals surface area (Å²) in [5.74, 6) is 0.201. The van der Waals surface area contributed by atoms with E-state index in [0.29, 0.717) is 36.0 Å². The molecule has 1 atom stereocenters. The molecule has 28 heavy (non-hydrogen) atoms. The van der Waals surface area contributed by atoms with Crippen molar-refractivity contribution in [2.24, 2.45) is 0 Å². The Morgan fingerprint density at radius 2 is 1.93 bits per heavy atom. The molecule has 1 N–H and O–H groups in total. The number of nitrogens with zero attached hydrogens (tertiary/aromatic N) is 1. The predicted octanol–water partition coefficient (Wildman–Crippen LogP) is 2.28. The number of amides is 1. The first-order chi connectivity index (χ1) is 13.6. The maximum Gasteiger partial charge on any atom is 0.344 e. The maximum absolute atomic E-state index is 12.2. The minimum atomic E-state index is -1.03. The summed E-state index contributed by atoms with van der Waals surface area (Å²) in [7, 11) is 0. The van der Waals surface area contributed by atoms with Gasteiger partial charge in [-0.3, -0.25) is 4.79 Å². The highest BCUT2D eigenvalue weighted by molar-refractivity contribution is 5.95. The van der Waals surface area contributed by atoms with Crippen LogP contribution in [0.1, 0.15) is 12.5 Å². The summed E-state index contributed by atoms with van der Waals surface area (Å²) in [6.07, 6.45) is -1.03. The zero-order chi connectivity index (χ0) is 19.9. The highest BCUT2D eigenvalue weighted by Crippen LogP contribution is 2.32. The first-order valence-electron chi connectivity index (χ1n) is 8.59. The first-order valence-corrected chi connectivity index (χ1v) is 8.59. The van der Waals surface area contributed by atoms with E-state index >= 15 is 0 Å². The first kappa shape index (κ1) is 19.0. The standard InChI is InChI=1S/C20H18N2O6/c1-13(28-19(23)12-27-16-5-3-2-4-14(16)11-21)20(24)22-15-6-7-17-18(10-15)26-9-8-25-17/h2-7,10,13H,8-9,12H2,1H3,(H,22,24)/t13-/m0/s1. The second-order valence-corrected chi connectivity index (χ2v) is 5.88. The van der Waals surface area contributed by atoms with E-state index in [1.165, 1.54) is 6.92 Å². The second-order valence-electron chi connectivity index (χ2n) is 5.88. The number of carbonyl (C=O) groups excluding carboxylic acids is 2. The van der Waals surface area contributed by atoms with Crippen LogP contribution in [0.2, 0.25) is 0 Å². The van der Waals surface area contributed by atoms with Crippen LogP contribution in [0, 0.1) is 11.3 Å². The molecule has 2 aromatic rings. The van der Waals surface area contributed by atoms with Crippen LogP contribution in [-0.2, 0) is 14.3 Å². The lowest BCUT2D eigenvalue weighted by atomic mass is 10.2. The van der Waals surface area contributed by atoms with Crippen molar-refractivity contribution in [2.45, 2.75) is 13.0 Å². The molecule has 8 heteroatoms. The van der Waals surface area contributed by atoms with Crippen LogP contribution < -0.4 is 19.5 Å². The minimum Gasteiger partial charge on any atom is -0.486 e. The quantitative estimate of drug-likeness (QED) is 0.764. The maximum atomic E-state index is 12.2. The fraction of sp³-hybridized carbons (Fsp3) is 0.250. The van der Waals surface area contributed by atoms with Gasteiger partial charge in [0.15, 0.2) is 24.2 Å². The van der Waals surface area contributed by atoms with Crippen LogP contribution in [0.15, 0.2) is 42.5 Å². The number of nitrogens with one attached hydrogen (secondary N) is 1. The van der Waals surface area contributed by atoms with Gasteiger partial charge in [0.05, 0.1) is 5.56 Å². The van der Waals surface area contributed by atoms with Crippen molar-refractivity contribution in [3.8, 4) is 23.3 Å². The Morgan fingerprint density at radius 1 is 1.18 bits per heavy atom. The van der Waals surface area contributed by atoms with Crippen molar-refractivity contribution < 1.29 is 28.5 Å². The lowest BCUT2D eigenvalue weighted by molar-refractivity contribution is -0.155. The SMILES string of the molecule is C[C@H](OC(=O)COc1ccccc1C#N)C(=O)Nc1ccc2c(c1)OCCO2. The molecule has 3 rings (SSSR count). The van der Waals surface area contributed by atoms with Gasteiger partial charge in [-0.05, 0) is 31.2 Å². The number of carbonyl (C=O) groups is 2. The number of anilines is 1. The Labute approximate surface area is 161 Å². The topological polar surface area (TPSA) is 107 Å². The average Bonchev–Trinajstić information content (AvgIpc) is 2.72. The molecule has 0 saturated carbocycles. The largest absolute Gasteiger partial charge is 0.486 e. The van der Waals surface area contributed by atoms with Crippen molar-refractivity contribution in [1.29, 1.82) is 5.26 Å². The zero-order valence-electron chi connectivity index (χ0n) is 15.1. The van der Waals surface area contributed by atoms with Crippen LogP contribution in [-0.4, -0.2) is 37.8 Å². The molecule has 2 aromatic carbocycles. The number of hydrogen-bond donors (Lipinski definition) is 1. The normalized spacial score (nSPS) is 13.0. The van der Waals surface area contributed by atoms with Gasteiger partial charge in [0.2, 0.25) is 0 Å². The molecule has 1 aliphatic heterocycles. The third-order valence-electron chi connectivity index (χ3n) is 3.84. The van der Waals surface area contributed by atoms with Crippen molar-refractivity contribution in [2.75, 3.05) is 25.1 Å².